The zero-order valence-electron chi connectivity index (χ0n) is 15.1. The minimum absolute atomic E-state index is 0.0216. The highest BCUT2D eigenvalue weighted by molar-refractivity contribution is 5.82. The van der Waals surface area contributed by atoms with Crippen LogP contribution in [-0.2, 0) is 4.79 Å². The molecular formula is C19H22N4O4. The van der Waals surface area contributed by atoms with E-state index in [1.54, 1.807) is 13.2 Å². The van der Waals surface area contributed by atoms with Crippen molar-refractivity contribution in [2.45, 2.75) is 25.0 Å². The molecule has 1 fully saturated rings. The summed E-state index contributed by atoms with van der Waals surface area (Å²) in [7, 11) is 1.58. The Morgan fingerprint density at radius 2 is 2.00 bits per heavy atom. The minimum atomic E-state index is -0.587. The largest absolute Gasteiger partial charge is 0.485 e. The summed E-state index contributed by atoms with van der Waals surface area (Å²) < 4.78 is 16.6. The van der Waals surface area contributed by atoms with Crippen LogP contribution >= 0.6 is 0 Å². The van der Waals surface area contributed by atoms with Crippen LogP contribution in [0.15, 0.2) is 36.7 Å². The molecule has 0 spiro atoms. The molecule has 0 radical (unpaired) electrons. The van der Waals surface area contributed by atoms with Crippen molar-refractivity contribution < 1.29 is 19.0 Å². The van der Waals surface area contributed by atoms with Crippen molar-refractivity contribution in [1.29, 1.82) is 0 Å². The summed E-state index contributed by atoms with van der Waals surface area (Å²) in [6.45, 7) is 1.58. The highest BCUT2D eigenvalue weighted by Gasteiger charge is 2.33. The van der Waals surface area contributed by atoms with E-state index in [2.05, 4.69) is 15.3 Å². The van der Waals surface area contributed by atoms with E-state index >= 15 is 0 Å². The first-order chi connectivity index (χ1) is 13.2. The average Bonchev–Trinajstić information content (AvgIpc) is 2.73. The van der Waals surface area contributed by atoms with E-state index in [9.17, 15) is 4.79 Å². The van der Waals surface area contributed by atoms with E-state index < -0.39 is 6.10 Å². The Balaban J connectivity index is 1.31. The van der Waals surface area contributed by atoms with Crippen LogP contribution in [0.3, 0.4) is 0 Å². The van der Waals surface area contributed by atoms with Crippen LogP contribution in [0.25, 0.3) is 0 Å². The molecule has 3 heterocycles. The molecule has 1 atom stereocenters. The fraction of sp³-hybridized carbons (Fsp3) is 0.421. The lowest BCUT2D eigenvalue weighted by Gasteiger charge is -2.35. The summed E-state index contributed by atoms with van der Waals surface area (Å²) >= 11 is 0. The zero-order valence-corrected chi connectivity index (χ0v) is 15.1. The second-order valence-corrected chi connectivity index (χ2v) is 6.55. The fourth-order valence-electron chi connectivity index (χ4n) is 3.33. The van der Waals surface area contributed by atoms with Crippen molar-refractivity contribution in [3.05, 3.63) is 36.7 Å². The van der Waals surface area contributed by atoms with Gasteiger partial charge in [-0.3, -0.25) is 4.79 Å². The lowest BCUT2D eigenvalue weighted by molar-refractivity contribution is -0.142. The van der Waals surface area contributed by atoms with Gasteiger partial charge in [0.25, 0.3) is 5.91 Å². The molecule has 27 heavy (non-hydrogen) atoms. The van der Waals surface area contributed by atoms with Crippen LogP contribution in [0.5, 0.6) is 17.4 Å². The first kappa shape index (κ1) is 17.4. The van der Waals surface area contributed by atoms with E-state index in [0.717, 1.165) is 18.7 Å². The summed E-state index contributed by atoms with van der Waals surface area (Å²) in [5.74, 6) is 2.54. The predicted molar refractivity (Wildman–Crippen MR) is 98.2 cm³/mol. The van der Waals surface area contributed by atoms with Crippen LogP contribution in [0.1, 0.15) is 12.8 Å². The Morgan fingerprint density at radius 1 is 1.22 bits per heavy atom. The third-order valence-electron chi connectivity index (χ3n) is 4.79. The van der Waals surface area contributed by atoms with Gasteiger partial charge >= 0.3 is 0 Å². The van der Waals surface area contributed by atoms with Crippen molar-refractivity contribution in [3.63, 3.8) is 0 Å². The molecule has 0 aliphatic carbocycles. The first-order valence-electron chi connectivity index (χ1n) is 9.03. The molecule has 1 aromatic heterocycles. The number of carbonyl (C=O) groups is 1. The molecule has 1 amide bonds. The molecule has 1 unspecified atom stereocenters. The third kappa shape index (κ3) is 3.89. The molecule has 142 valence electrons. The number of benzene rings is 1. The van der Waals surface area contributed by atoms with E-state index in [-0.39, 0.29) is 18.6 Å². The number of likely N-dealkylation sites (tertiary alicyclic amines) is 1. The SMILES string of the molecule is COc1cc(NC2CCN(C(=O)C3COc4ccccc4O3)CC2)ncn1. The summed E-state index contributed by atoms with van der Waals surface area (Å²) in [5.41, 5.74) is 0. The summed E-state index contributed by atoms with van der Waals surface area (Å²) in [6.07, 6.45) is 2.55. The van der Waals surface area contributed by atoms with E-state index in [1.165, 1.54) is 6.33 Å². The summed E-state index contributed by atoms with van der Waals surface area (Å²) in [4.78, 5) is 22.8. The van der Waals surface area contributed by atoms with Gasteiger partial charge in [0.2, 0.25) is 12.0 Å². The minimum Gasteiger partial charge on any atom is -0.485 e. The Bertz CT molecular complexity index is 808. The Morgan fingerprint density at radius 3 is 2.78 bits per heavy atom. The molecule has 2 aliphatic heterocycles. The monoisotopic (exact) mass is 370 g/mol. The summed E-state index contributed by atoms with van der Waals surface area (Å²) in [6, 6.07) is 9.43. The maximum Gasteiger partial charge on any atom is 0.267 e. The number of carbonyl (C=O) groups excluding carboxylic acids is 1. The van der Waals surface area contributed by atoms with Crippen molar-refractivity contribution in [1.82, 2.24) is 14.9 Å². The third-order valence-corrected chi connectivity index (χ3v) is 4.79. The number of aromatic nitrogens is 2. The second kappa shape index (κ2) is 7.69. The van der Waals surface area contributed by atoms with Gasteiger partial charge in [-0.15, -0.1) is 0 Å². The molecule has 0 saturated carbocycles. The highest BCUT2D eigenvalue weighted by atomic mass is 16.6. The zero-order chi connectivity index (χ0) is 18.6. The van der Waals surface area contributed by atoms with Gasteiger partial charge in [-0.1, -0.05) is 12.1 Å². The lowest BCUT2D eigenvalue weighted by Crippen LogP contribution is -2.50. The van der Waals surface area contributed by atoms with E-state index in [0.29, 0.717) is 30.5 Å². The number of fused-ring (bicyclic) bond motifs is 1. The maximum absolute atomic E-state index is 12.8. The van der Waals surface area contributed by atoms with Gasteiger partial charge < -0.3 is 24.4 Å². The standard InChI is InChI=1S/C19H22N4O4/c1-25-18-10-17(20-12-21-18)22-13-6-8-23(9-7-13)19(24)16-11-26-14-4-2-3-5-15(14)27-16/h2-5,10,12-13,16H,6-9,11H2,1H3,(H,20,21,22). The molecule has 0 bridgehead atoms. The lowest BCUT2D eigenvalue weighted by atomic mass is 10.0. The van der Waals surface area contributed by atoms with Gasteiger partial charge in [-0.2, -0.15) is 0 Å². The van der Waals surface area contributed by atoms with Gasteiger partial charge in [0.1, 0.15) is 18.8 Å². The number of methoxy groups -OCH3 is 1. The van der Waals surface area contributed by atoms with Crippen molar-refractivity contribution in [3.8, 4) is 17.4 Å². The van der Waals surface area contributed by atoms with Crippen LogP contribution in [0.4, 0.5) is 5.82 Å². The molecular weight excluding hydrogens is 348 g/mol. The number of hydrogen-bond donors (Lipinski definition) is 1. The number of hydrogen-bond acceptors (Lipinski definition) is 7. The van der Waals surface area contributed by atoms with Gasteiger partial charge in [0.05, 0.1) is 7.11 Å². The normalized spacial score (nSPS) is 19.4. The quantitative estimate of drug-likeness (QED) is 0.877. The van der Waals surface area contributed by atoms with Crippen LogP contribution in [-0.4, -0.2) is 59.7 Å². The highest BCUT2D eigenvalue weighted by Crippen LogP contribution is 2.31. The van der Waals surface area contributed by atoms with E-state index in [4.69, 9.17) is 14.2 Å². The Labute approximate surface area is 157 Å². The number of amides is 1. The molecule has 2 aromatic rings. The van der Waals surface area contributed by atoms with Gasteiger partial charge in [0, 0.05) is 25.2 Å². The number of para-hydroxylation sites is 2. The molecule has 1 aromatic carbocycles. The van der Waals surface area contributed by atoms with Crippen molar-refractivity contribution in [2.24, 2.45) is 0 Å². The Kier molecular flexibility index (Phi) is 4.95. The van der Waals surface area contributed by atoms with Gasteiger partial charge in [-0.25, -0.2) is 9.97 Å². The molecule has 1 saturated heterocycles. The number of nitrogens with one attached hydrogen (secondary N) is 1. The van der Waals surface area contributed by atoms with Crippen LogP contribution in [0, 0.1) is 0 Å². The molecule has 1 N–H and O–H groups in total. The van der Waals surface area contributed by atoms with Crippen LogP contribution < -0.4 is 19.5 Å². The number of anilines is 1. The number of ether oxygens (including phenoxy) is 3. The fourth-order valence-corrected chi connectivity index (χ4v) is 3.33. The van der Waals surface area contributed by atoms with Gasteiger partial charge in [0.15, 0.2) is 11.5 Å². The molecule has 8 heteroatoms. The smallest absolute Gasteiger partial charge is 0.267 e. The van der Waals surface area contributed by atoms with E-state index in [1.807, 2.05) is 29.2 Å². The van der Waals surface area contributed by atoms with Crippen molar-refractivity contribution >= 4 is 11.7 Å². The number of rotatable bonds is 4. The predicted octanol–water partition coefficient (Wildman–Crippen LogP) is 1.73. The Hall–Kier alpha value is -3.03. The van der Waals surface area contributed by atoms with Gasteiger partial charge in [-0.05, 0) is 25.0 Å². The summed E-state index contributed by atoms with van der Waals surface area (Å²) in [5, 5.41) is 3.38. The average molecular weight is 370 g/mol. The van der Waals surface area contributed by atoms with Crippen LogP contribution in [0.2, 0.25) is 0 Å². The first-order valence-corrected chi connectivity index (χ1v) is 9.03. The number of piperidine rings is 1. The molecule has 4 rings (SSSR count). The van der Waals surface area contributed by atoms with Crippen molar-refractivity contribution in [2.75, 3.05) is 32.1 Å². The maximum atomic E-state index is 12.8. The number of nitrogens with zero attached hydrogens (tertiary/aromatic N) is 3. The molecule has 8 nitrogen and oxygen atoms in total. The topological polar surface area (TPSA) is 85.8 Å². The molecule has 2 aliphatic rings. The second-order valence-electron chi connectivity index (χ2n) is 6.55.